The Labute approximate surface area is 43.0 Å². The molecule has 0 aromatic heterocycles. The van der Waals surface area contributed by atoms with E-state index >= 15 is 0 Å². The minimum atomic E-state index is 0.0417. The molecule has 1 heterocycles. The Morgan fingerprint density at radius 1 is 1.29 bits per heavy atom. The van der Waals surface area contributed by atoms with Gasteiger partial charge < -0.3 is 0 Å². The molecule has 0 spiro atoms. The highest BCUT2D eigenvalue weighted by Crippen LogP contribution is 1.94. The molecular formula is C5H4BN. The minimum Gasteiger partial charge on any atom is -0.212 e. The molecule has 0 N–H and O–H groups in total. The number of rotatable bonds is 0. The van der Waals surface area contributed by atoms with Crippen LogP contribution < -0.4 is 0 Å². The largest absolute Gasteiger partial charge is 0.318 e. The predicted molar refractivity (Wildman–Crippen MR) is 29.6 cm³/mol. The fourth-order valence-corrected chi connectivity index (χ4v) is 0.518. The van der Waals surface area contributed by atoms with Crippen molar-refractivity contribution >= 4 is 6.71 Å². The van der Waals surface area contributed by atoms with Gasteiger partial charge >= 0.3 is 6.71 Å². The molecule has 0 aromatic carbocycles. The third-order valence-corrected chi connectivity index (χ3v) is 0.897. The van der Waals surface area contributed by atoms with Gasteiger partial charge in [-0.1, -0.05) is 24.1 Å². The van der Waals surface area contributed by atoms with E-state index in [4.69, 9.17) is 5.26 Å². The van der Waals surface area contributed by atoms with Crippen molar-refractivity contribution in [3.63, 3.8) is 0 Å². The van der Waals surface area contributed by atoms with Crippen molar-refractivity contribution in [1.82, 2.24) is 0 Å². The van der Waals surface area contributed by atoms with Gasteiger partial charge in [-0.05, 0) is 0 Å². The molecule has 2 heteroatoms. The first kappa shape index (κ1) is 4.20. The molecule has 1 aliphatic heterocycles. The highest BCUT2D eigenvalue weighted by Gasteiger charge is 2.04. The number of nitrogens with zero attached hydrogens (tertiary/aromatic N) is 1. The number of hydrogen-bond donors (Lipinski definition) is 0. The summed E-state index contributed by atoms with van der Waals surface area (Å²) in [4.78, 5) is 0. The van der Waals surface area contributed by atoms with Crippen molar-refractivity contribution in [2.45, 2.75) is 0 Å². The molecule has 0 radical (unpaired) electrons. The van der Waals surface area contributed by atoms with Crippen LogP contribution in [0, 0.1) is 11.2 Å². The third kappa shape index (κ3) is 0.718. The van der Waals surface area contributed by atoms with Crippen LogP contribution in [0.4, 0.5) is 0 Å². The van der Waals surface area contributed by atoms with Crippen LogP contribution in [0.3, 0.4) is 0 Å². The second-order valence-electron chi connectivity index (χ2n) is 1.42. The van der Waals surface area contributed by atoms with Crippen LogP contribution >= 0.6 is 0 Å². The minimum absolute atomic E-state index is 0.0417. The molecular weight excluding hydrogens is 84.9 g/mol. The molecule has 0 saturated heterocycles. The molecule has 0 atom stereocenters. The lowest BCUT2D eigenvalue weighted by molar-refractivity contribution is 1.56. The van der Waals surface area contributed by atoms with Gasteiger partial charge in [-0.15, -0.1) is 0 Å². The van der Waals surface area contributed by atoms with E-state index in [9.17, 15) is 0 Å². The van der Waals surface area contributed by atoms with Gasteiger partial charge in [-0.3, -0.25) is 0 Å². The SMILES string of the molecule is N#CB1C=CC=C1. The van der Waals surface area contributed by atoms with Crippen molar-refractivity contribution in [2.75, 3.05) is 0 Å². The smallest absolute Gasteiger partial charge is 0.212 e. The summed E-state index contributed by atoms with van der Waals surface area (Å²) in [6.45, 7) is 0.0417. The zero-order valence-corrected chi connectivity index (χ0v) is 3.83. The molecule has 1 aliphatic rings. The van der Waals surface area contributed by atoms with E-state index in [0.717, 1.165) is 0 Å². The zero-order chi connectivity index (χ0) is 5.11. The van der Waals surface area contributed by atoms with Crippen molar-refractivity contribution < 1.29 is 0 Å². The van der Waals surface area contributed by atoms with Gasteiger partial charge in [0.15, 0.2) is 0 Å². The molecule has 0 aromatic rings. The summed E-state index contributed by atoms with van der Waals surface area (Å²) in [5.41, 5.74) is 0. The van der Waals surface area contributed by atoms with Gasteiger partial charge in [0.05, 0.1) is 0 Å². The second kappa shape index (κ2) is 1.66. The third-order valence-electron chi connectivity index (χ3n) is 0.897. The van der Waals surface area contributed by atoms with Gasteiger partial charge in [0.25, 0.3) is 0 Å². The van der Waals surface area contributed by atoms with Crippen molar-refractivity contribution in [3.8, 4) is 5.97 Å². The van der Waals surface area contributed by atoms with E-state index in [1.807, 2.05) is 24.1 Å². The van der Waals surface area contributed by atoms with E-state index in [1.165, 1.54) is 0 Å². The molecule has 1 rings (SSSR count). The standard InChI is InChI=1S/C5H4BN/c7-5-6-3-1-2-4-6/h1-4H. The van der Waals surface area contributed by atoms with Crippen LogP contribution in [0.25, 0.3) is 0 Å². The highest BCUT2D eigenvalue weighted by atomic mass is 14.2. The number of allylic oxidation sites excluding steroid dienone is 2. The molecule has 0 bridgehead atoms. The van der Waals surface area contributed by atoms with Gasteiger partial charge in [-0.25, -0.2) is 5.26 Å². The number of hydrogen-bond acceptors (Lipinski definition) is 1. The van der Waals surface area contributed by atoms with E-state index in [1.54, 1.807) is 0 Å². The first-order valence-electron chi connectivity index (χ1n) is 2.18. The summed E-state index contributed by atoms with van der Waals surface area (Å²) in [6.07, 6.45) is 3.77. The Hall–Kier alpha value is -0.965. The zero-order valence-electron chi connectivity index (χ0n) is 3.83. The van der Waals surface area contributed by atoms with Gasteiger partial charge in [0, 0.05) is 5.97 Å². The van der Waals surface area contributed by atoms with E-state index in [2.05, 4.69) is 5.97 Å². The molecule has 0 unspecified atom stereocenters. The highest BCUT2D eigenvalue weighted by molar-refractivity contribution is 6.77. The van der Waals surface area contributed by atoms with E-state index in [0.29, 0.717) is 0 Å². The summed E-state index contributed by atoms with van der Waals surface area (Å²) >= 11 is 0. The van der Waals surface area contributed by atoms with Crippen LogP contribution in [-0.4, -0.2) is 6.71 Å². The molecule has 0 saturated carbocycles. The first-order valence-corrected chi connectivity index (χ1v) is 2.18. The maximum absolute atomic E-state index is 8.21. The van der Waals surface area contributed by atoms with Crippen molar-refractivity contribution in [3.05, 3.63) is 24.1 Å². The lowest BCUT2D eigenvalue weighted by Gasteiger charge is -1.73. The summed E-state index contributed by atoms with van der Waals surface area (Å²) in [5, 5.41) is 8.21. The normalized spacial score (nSPS) is 15.0. The van der Waals surface area contributed by atoms with Crippen LogP contribution in [0.15, 0.2) is 24.1 Å². The Balaban J connectivity index is 2.65. The maximum Gasteiger partial charge on any atom is 0.318 e. The molecule has 32 valence electrons. The van der Waals surface area contributed by atoms with Crippen LogP contribution in [0.2, 0.25) is 0 Å². The fourth-order valence-electron chi connectivity index (χ4n) is 0.518. The first-order chi connectivity index (χ1) is 3.43. The van der Waals surface area contributed by atoms with E-state index < -0.39 is 0 Å². The van der Waals surface area contributed by atoms with Crippen molar-refractivity contribution in [1.29, 1.82) is 5.26 Å². The molecule has 0 aliphatic carbocycles. The summed E-state index contributed by atoms with van der Waals surface area (Å²) < 4.78 is 0. The second-order valence-corrected chi connectivity index (χ2v) is 1.42. The lowest BCUT2D eigenvalue weighted by atomic mass is 9.54. The molecule has 0 amide bonds. The maximum atomic E-state index is 8.21. The Bertz CT molecular complexity index is 140. The average Bonchev–Trinajstić information content (AvgIpc) is 2.14. The average molecular weight is 88.9 g/mol. The Morgan fingerprint density at radius 2 is 1.86 bits per heavy atom. The summed E-state index contributed by atoms with van der Waals surface area (Å²) in [6, 6.07) is 0. The van der Waals surface area contributed by atoms with Gasteiger partial charge in [0.1, 0.15) is 0 Å². The Kier molecular flexibility index (Phi) is 0.994. The Morgan fingerprint density at radius 3 is 2.14 bits per heavy atom. The fraction of sp³-hybridized carbons (Fsp3) is 0. The predicted octanol–water partition coefficient (Wildman–Crippen LogP) is 0.748. The van der Waals surface area contributed by atoms with Gasteiger partial charge in [0.2, 0.25) is 0 Å². The monoisotopic (exact) mass is 89.0 g/mol. The molecule has 1 nitrogen and oxygen atoms in total. The quantitative estimate of drug-likeness (QED) is 0.401. The van der Waals surface area contributed by atoms with Gasteiger partial charge in [-0.2, -0.15) is 0 Å². The summed E-state index contributed by atoms with van der Waals surface area (Å²) in [7, 11) is 0. The lowest BCUT2D eigenvalue weighted by Crippen LogP contribution is -1.96. The summed E-state index contributed by atoms with van der Waals surface area (Å²) in [5.74, 6) is 5.81. The molecule has 7 heavy (non-hydrogen) atoms. The van der Waals surface area contributed by atoms with Crippen LogP contribution in [0.1, 0.15) is 0 Å². The van der Waals surface area contributed by atoms with Crippen molar-refractivity contribution in [2.24, 2.45) is 0 Å². The van der Waals surface area contributed by atoms with E-state index in [-0.39, 0.29) is 6.71 Å². The van der Waals surface area contributed by atoms with Crippen LogP contribution in [-0.2, 0) is 0 Å². The molecule has 0 fully saturated rings. The topological polar surface area (TPSA) is 23.8 Å². The van der Waals surface area contributed by atoms with Crippen LogP contribution in [0.5, 0.6) is 0 Å². The number of nitriles is 1.